The van der Waals surface area contributed by atoms with Crippen molar-refractivity contribution in [3.8, 4) is 0 Å². The van der Waals surface area contributed by atoms with E-state index < -0.39 is 5.97 Å². The van der Waals surface area contributed by atoms with Crippen LogP contribution in [0.1, 0.15) is 39.9 Å². The molecule has 1 aromatic heterocycles. The van der Waals surface area contributed by atoms with Crippen molar-refractivity contribution < 1.29 is 14.7 Å². The van der Waals surface area contributed by atoms with Gasteiger partial charge in [0, 0.05) is 10.8 Å². The summed E-state index contributed by atoms with van der Waals surface area (Å²) >= 11 is 1.20. The van der Waals surface area contributed by atoms with Gasteiger partial charge in [-0.05, 0) is 37.0 Å². The van der Waals surface area contributed by atoms with Gasteiger partial charge in [-0.15, -0.1) is 11.3 Å². The molecule has 1 amide bonds. The molecule has 0 bridgehead atoms. The first-order chi connectivity index (χ1) is 11.1. The van der Waals surface area contributed by atoms with E-state index in [4.69, 9.17) is 5.11 Å². The number of rotatable bonds is 8. The van der Waals surface area contributed by atoms with E-state index in [9.17, 15) is 9.59 Å². The number of carboxylic acids is 1. The van der Waals surface area contributed by atoms with Gasteiger partial charge in [-0.25, -0.2) is 4.79 Å². The van der Waals surface area contributed by atoms with Crippen molar-refractivity contribution in [2.24, 2.45) is 5.92 Å². The molecule has 1 aromatic carbocycles. The normalized spacial score (nSPS) is 11.9. The molecule has 0 saturated heterocycles. The van der Waals surface area contributed by atoms with E-state index in [1.165, 1.54) is 16.9 Å². The van der Waals surface area contributed by atoms with Gasteiger partial charge in [-0.3, -0.25) is 4.79 Å². The number of amides is 1. The summed E-state index contributed by atoms with van der Waals surface area (Å²) in [5, 5.41) is 11.8. The topological polar surface area (TPSA) is 66.4 Å². The minimum Gasteiger partial charge on any atom is -0.477 e. The smallest absolute Gasteiger partial charge is 0.345 e. The molecular weight excluding hydrogens is 310 g/mol. The predicted molar refractivity (Wildman–Crippen MR) is 91.7 cm³/mol. The van der Waals surface area contributed by atoms with Crippen molar-refractivity contribution in [2.75, 3.05) is 0 Å². The Hall–Kier alpha value is -2.14. The molecule has 0 fully saturated rings. The van der Waals surface area contributed by atoms with Gasteiger partial charge in [0.2, 0.25) is 5.91 Å². The second-order valence-corrected chi connectivity index (χ2v) is 6.74. The number of aryl methyl sites for hydroxylation is 1. The number of hydrogen-bond acceptors (Lipinski definition) is 3. The fourth-order valence-electron chi connectivity index (χ4n) is 2.32. The summed E-state index contributed by atoms with van der Waals surface area (Å²) < 4.78 is 0. The van der Waals surface area contributed by atoms with Gasteiger partial charge in [0.1, 0.15) is 4.88 Å². The highest BCUT2D eigenvalue weighted by molar-refractivity contribution is 7.13. The molecule has 0 radical (unpaired) electrons. The van der Waals surface area contributed by atoms with Gasteiger partial charge in [-0.2, -0.15) is 0 Å². The molecule has 23 heavy (non-hydrogen) atoms. The quantitative estimate of drug-likeness (QED) is 0.775. The van der Waals surface area contributed by atoms with E-state index in [1.807, 2.05) is 25.1 Å². The Morgan fingerprint density at radius 1 is 1.17 bits per heavy atom. The van der Waals surface area contributed by atoms with Gasteiger partial charge in [0.15, 0.2) is 0 Å². The Kier molecular flexibility index (Phi) is 6.35. The number of hydrogen-bond donors (Lipinski definition) is 2. The third kappa shape index (κ3) is 5.53. The summed E-state index contributed by atoms with van der Waals surface area (Å²) in [7, 11) is 0. The lowest BCUT2D eigenvalue weighted by molar-refractivity contribution is -0.124. The highest BCUT2D eigenvalue weighted by Crippen LogP contribution is 2.16. The molecule has 4 nitrogen and oxygen atoms in total. The van der Waals surface area contributed by atoms with Crippen LogP contribution in [0.25, 0.3) is 0 Å². The number of aromatic carboxylic acids is 1. The molecular formula is C18H21NO3S. The Morgan fingerprint density at radius 3 is 2.57 bits per heavy atom. The van der Waals surface area contributed by atoms with Crippen molar-refractivity contribution in [2.45, 2.75) is 32.7 Å². The van der Waals surface area contributed by atoms with Gasteiger partial charge >= 0.3 is 5.97 Å². The van der Waals surface area contributed by atoms with Crippen LogP contribution in [0.15, 0.2) is 42.5 Å². The fraction of sp³-hybridized carbons (Fsp3) is 0.333. The van der Waals surface area contributed by atoms with Crippen LogP contribution in [0.4, 0.5) is 0 Å². The zero-order valence-corrected chi connectivity index (χ0v) is 13.9. The van der Waals surface area contributed by atoms with Crippen molar-refractivity contribution in [3.63, 3.8) is 0 Å². The molecule has 2 rings (SSSR count). The summed E-state index contributed by atoms with van der Waals surface area (Å²) in [6, 6.07) is 13.6. The number of carboxylic acid groups (broad SMARTS) is 1. The molecule has 0 spiro atoms. The van der Waals surface area contributed by atoms with Crippen LogP contribution in [0.3, 0.4) is 0 Å². The third-order valence-electron chi connectivity index (χ3n) is 3.70. The molecule has 0 aliphatic rings. The fourth-order valence-corrected chi connectivity index (χ4v) is 3.11. The second kappa shape index (κ2) is 8.48. The van der Waals surface area contributed by atoms with Crippen molar-refractivity contribution in [3.05, 3.63) is 57.8 Å². The minimum atomic E-state index is -0.929. The standard InChI is InChI=1S/C18H21NO3S/c1-13(6-5-9-14-7-3-2-4-8-14)17(20)19-12-15-10-11-16(23-15)18(21)22/h2-4,7-8,10-11,13H,5-6,9,12H2,1H3,(H,19,20)(H,21,22). The number of thiophene rings is 1. The molecule has 1 atom stereocenters. The SMILES string of the molecule is CC(CCCc1ccccc1)C(=O)NCc1ccc(C(=O)O)s1. The number of carbonyl (C=O) groups is 2. The maximum Gasteiger partial charge on any atom is 0.345 e. The van der Waals surface area contributed by atoms with Crippen LogP contribution >= 0.6 is 11.3 Å². The molecule has 1 heterocycles. The molecule has 2 aromatic rings. The van der Waals surface area contributed by atoms with Crippen molar-refractivity contribution >= 4 is 23.2 Å². The summed E-state index contributed by atoms with van der Waals surface area (Å²) in [5.74, 6) is -0.956. The molecule has 122 valence electrons. The molecule has 5 heteroatoms. The second-order valence-electron chi connectivity index (χ2n) is 5.57. The molecule has 0 aliphatic heterocycles. The number of carbonyl (C=O) groups excluding carboxylic acids is 1. The number of benzene rings is 1. The maximum atomic E-state index is 12.1. The van der Waals surface area contributed by atoms with Gasteiger partial charge in [0.25, 0.3) is 0 Å². The average Bonchev–Trinajstić information content (AvgIpc) is 3.02. The van der Waals surface area contributed by atoms with Crippen molar-refractivity contribution in [1.29, 1.82) is 0 Å². The van der Waals surface area contributed by atoms with Gasteiger partial charge in [-0.1, -0.05) is 37.3 Å². The highest BCUT2D eigenvalue weighted by atomic mass is 32.1. The van der Waals surface area contributed by atoms with E-state index in [1.54, 1.807) is 12.1 Å². The molecule has 1 unspecified atom stereocenters. The highest BCUT2D eigenvalue weighted by Gasteiger charge is 2.13. The van der Waals surface area contributed by atoms with Crippen molar-refractivity contribution in [1.82, 2.24) is 5.32 Å². The zero-order valence-electron chi connectivity index (χ0n) is 13.1. The average molecular weight is 331 g/mol. The van der Waals surface area contributed by atoms with Crippen LogP contribution < -0.4 is 5.32 Å². The summed E-state index contributed by atoms with van der Waals surface area (Å²) in [6.45, 7) is 2.32. The predicted octanol–water partition coefficient (Wildman–Crippen LogP) is 3.72. The van der Waals surface area contributed by atoms with E-state index in [0.717, 1.165) is 24.1 Å². The van der Waals surface area contributed by atoms with Gasteiger partial charge in [0.05, 0.1) is 6.54 Å². The lowest BCUT2D eigenvalue weighted by atomic mass is 10.0. The summed E-state index contributed by atoms with van der Waals surface area (Å²) in [4.78, 5) is 24.0. The minimum absolute atomic E-state index is 0.0170. The van der Waals surface area contributed by atoms with Crippen LogP contribution in [0.2, 0.25) is 0 Å². The van der Waals surface area contributed by atoms with Gasteiger partial charge < -0.3 is 10.4 Å². The van der Waals surface area contributed by atoms with Crippen LogP contribution in [0, 0.1) is 5.92 Å². The Morgan fingerprint density at radius 2 is 1.91 bits per heavy atom. The first-order valence-electron chi connectivity index (χ1n) is 7.70. The summed E-state index contributed by atoms with van der Waals surface area (Å²) in [5.41, 5.74) is 1.29. The Labute approximate surface area is 140 Å². The monoisotopic (exact) mass is 331 g/mol. The maximum absolute atomic E-state index is 12.1. The van der Waals surface area contributed by atoms with E-state index in [-0.39, 0.29) is 11.8 Å². The lowest BCUT2D eigenvalue weighted by Gasteiger charge is -2.11. The van der Waals surface area contributed by atoms with E-state index >= 15 is 0 Å². The third-order valence-corrected chi connectivity index (χ3v) is 4.78. The largest absolute Gasteiger partial charge is 0.477 e. The van der Waals surface area contributed by atoms with E-state index in [0.29, 0.717) is 11.4 Å². The van der Waals surface area contributed by atoms with Crippen LogP contribution in [-0.4, -0.2) is 17.0 Å². The lowest BCUT2D eigenvalue weighted by Crippen LogP contribution is -2.28. The van der Waals surface area contributed by atoms with Crippen LogP contribution in [-0.2, 0) is 17.8 Å². The number of nitrogens with one attached hydrogen (secondary N) is 1. The zero-order chi connectivity index (χ0) is 16.7. The van der Waals surface area contributed by atoms with E-state index in [2.05, 4.69) is 17.4 Å². The molecule has 2 N–H and O–H groups in total. The van der Waals surface area contributed by atoms with Crippen LogP contribution in [0.5, 0.6) is 0 Å². The first-order valence-corrected chi connectivity index (χ1v) is 8.51. The summed E-state index contributed by atoms with van der Waals surface area (Å²) in [6.07, 6.45) is 2.79. The Bertz CT molecular complexity index is 651. The molecule has 0 aliphatic carbocycles. The Balaban J connectivity index is 1.71. The molecule has 0 saturated carbocycles. The first kappa shape index (κ1) is 17.2.